The van der Waals surface area contributed by atoms with E-state index in [1.807, 2.05) is 25.5 Å². The first-order valence-corrected chi connectivity index (χ1v) is 9.11. The Bertz CT molecular complexity index is 591. The highest BCUT2D eigenvalue weighted by atomic mass is 16.5. The minimum atomic E-state index is -0.138. The zero-order valence-corrected chi connectivity index (χ0v) is 15.7. The molecule has 1 aromatic heterocycles. The van der Waals surface area contributed by atoms with Crippen LogP contribution in [-0.4, -0.2) is 52.9 Å². The summed E-state index contributed by atoms with van der Waals surface area (Å²) in [5, 5.41) is 7.45. The van der Waals surface area contributed by atoms with Gasteiger partial charge in [0.1, 0.15) is 0 Å². The Kier molecular flexibility index (Phi) is 6.84. The van der Waals surface area contributed by atoms with E-state index in [1.165, 1.54) is 0 Å². The molecule has 1 aromatic rings. The number of urea groups is 1. The van der Waals surface area contributed by atoms with Crippen LogP contribution in [0.3, 0.4) is 0 Å². The van der Waals surface area contributed by atoms with Crippen molar-refractivity contribution in [2.24, 2.45) is 11.8 Å². The average Bonchev–Trinajstić information content (AvgIpc) is 2.90. The summed E-state index contributed by atoms with van der Waals surface area (Å²) in [6, 6.07) is 2.00. The molecule has 1 aliphatic heterocycles. The quantitative estimate of drug-likeness (QED) is 0.797. The van der Waals surface area contributed by atoms with Gasteiger partial charge in [0.2, 0.25) is 0 Å². The van der Waals surface area contributed by atoms with Gasteiger partial charge in [-0.05, 0) is 45.6 Å². The molecular weight excluding hydrogens is 320 g/mol. The van der Waals surface area contributed by atoms with Crippen LogP contribution >= 0.6 is 0 Å². The number of hydrogen-bond donors (Lipinski definition) is 1. The molecule has 1 aliphatic rings. The molecule has 2 rings (SSSR count). The van der Waals surface area contributed by atoms with E-state index >= 15 is 0 Å². The number of piperidine rings is 1. The lowest BCUT2D eigenvalue weighted by molar-refractivity contribution is -0.149. The maximum Gasteiger partial charge on any atom is 0.317 e. The smallest absolute Gasteiger partial charge is 0.317 e. The van der Waals surface area contributed by atoms with Crippen molar-refractivity contribution in [3.05, 3.63) is 17.5 Å². The maximum atomic E-state index is 12.3. The number of esters is 1. The summed E-state index contributed by atoms with van der Waals surface area (Å²) in [6.45, 7) is 10.9. The lowest BCUT2D eigenvalue weighted by Crippen LogP contribution is -2.46. The van der Waals surface area contributed by atoms with Gasteiger partial charge in [0.15, 0.2) is 0 Å². The number of nitrogens with zero attached hydrogens (tertiary/aromatic N) is 3. The number of carbonyl (C=O) groups excluding carboxylic acids is 2. The average molecular weight is 350 g/mol. The zero-order valence-electron chi connectivity index (χ0n) is 15.7. The van der Waals surface area contributed by atoms with Gasteiger partial charge in [-0.3, -0.25) is 9.48 Å². The highest BCUT2D eigenvalue weighted by molar-refractivity contribution is 5.76. The molecule has 0 radical (unpaired) electrons. The van der Waals surface area contributed by atoms with E-state index in [1.54, 1.807) is 4.90 Å². The Morgan fingerprint density at radius 3 is 2.60 bits per heavy atom. The molecule has 7 heteroatoms. The summed E-state index contributed by atoms with van der Waals surface area (Å²) in [5.74, 6) is 0.0778. The Morgan fingerprint density at radius 1 is 1.36 bits per heavy atom. The van der Waals surface area contributed by atoms with Crippen molar-refractivity contribution < 1.29 is 14.3 Å². The van der Waals surface area contributed by atoms with Crippen LogP contribution in [0.5, 0.6) is 0 Å². The molecule has 1 N–H and O–H groups in total. The summed E-state index contributed by atoms with van der Waals surface area (Å²) in [4.78, 5) is 25.8. The number of ether oxygens (including phenoxy) is 1. The zero-order chi connectivity index (χ0) is 18.4. The van der Waals surface area contributed by atoms with Crippen LogP contribution in [0.1, 0.15) is 38.1 Å². The maximum absolute atomic E-state index is 12.3. The first kappa shape index (κ1) is 19.3. The third-order valence-corrected chi connectivity index (χ3v) is 4.59. The predicted molar refractivity (Wildman–Crippen MR) is 95.2 cm³/mol. The van der Waals surface area contributed by atoms with Crippen LogP contribution in [0.2, 0.25) is 0 Å². The summed E-state index contributed by atoms with van der Waals surface area (Å²) in [6.07, 6.45) is 1.35. The summed E-state index contributed by atoms with van der Waals surface area (Å²) >= 11 is 0. The predicted octanol–water partition coefficient (Wildman–Crippen LogP) is 2.12. The van der Waals surface area contributed by atoms with E-state index in [0.29, 0.717) is 45.0 Å². The second kappa shape index (κ2) is 8.87. The number of nitrogens with one attached hydrogen (secondary N) is 1. The van der Waals surface area contributed by atoms with Crippen LogP contribution in [0, 0.1) is 25.7 Å². The Hall–Kier alpha value is -2.05. The summed E-state index contributed by atoms with van der Waals surface area (Å²) in [5.41, 5.74) is 2.15. The summed E-state index contributed by atoms with van der Waals surface area (Å²) < 4.78 is 7.04. The molecule has 2 amide bonds. The SMILES string of the molecule is CCOC(=O)C1CCN(C(=O)NCC(C)Cn2nc(C)cc2C)CC1. The highest BCUT2D eigenvalue weighted by Crippen LogP contribution is 2.18. The van der Waals surface area contributed by atoms with Gasteiger partial charge in [-0.15, -0.1) is 0 Å². The third kappa shape index (κ3) is 5.47. The van der Waals surface area contributed by atoms with Crippen molar-refractivity contribution in [2.75, 3.05) is 26.2 Å². The van der Waals surface area contributed by atoms with Gasteiger partial charge in [-0.2, -0.15) is 5.10 Å². The van der Waals surface area contributed by atoms with E-state index in [2.05, 4.69) is 23.4 Å². The molecule has 1 unspecified atom stereocenters. The topological polar surface area (TPSA) is 76.5 Å². The number of rotatable bonds is 6. The molecule has 1 saturated heterocycles. The fourth-order valence-electron chi connectivity index (χ4n) is 3.17. The molecule has 1 fully saturated rings. The minimum absolute atomic E-state index is 0.0532. The lowest BCUT2D eigenvalue weighted by atomic mass is 9.97. The Morgan fingerprint density at radius 2 is 2.04 bits per heavy atom. The third-order valence-electron chi connectivity index (χ3n) is 4.59. The van der Waals surface area contributed by atoms with Crippen LogP contribution < -0.4 is 5.32 Å². The second-order valence-corrected chi connectivity index (χ2v) is 6.91. The van der Waals surface area contributed by atoms with Crippen molar-refractivity contribution >= 4 is 12.0 Å². The molecule has 0 spiro atoms. The molecule has 140 valence electrons. The fourth-order valence-corrected chi connectivity index (χ4v) is 3.17. The monoisotopic (exact) mass is 350 g/mol. The van der Waals surface area contributed by atoms with Gasteiger partial charge >= 0.3 is 12.0 Å². The van der Waals surface area contributed by atoms with Crippen LogP contribution in [0.15, 0.2) is 6.07 Å². The van der Waals surface area contributed by atoms with Crippen molar-refractivity contribution in [3.63, 3.8) is 0 Å². The molecular formula is C18H30N4O3. The van der Waals surface area contributed by atoms with Crippen molar-refractivity contribution in [3.8, 4) is 0 Å². The molecule has 1 atom stereocenters. The standard InChI is InChI=1S/C18H30N4O3/c1-5-25-17(23)16-6-8-21(9-7-16)18(24)19-11-13(2)12-22-15(4)10-14(3)20-22/h10,13,16H,5-9,11-12H2,1-4H3,(H,19,24). The number of aromatic nitrogens is 2. The normalized spacial score (nSPS) is 16.6. The van der Waals surface area contributed by atoms with Gasteiger partial charge in [-0.25, -0.2) is 4.79 Å². The first-order valence-electron chi connectivity index (χ1n) is 9.11. The number of aryl methyl sites for hydroxylation is 2. The van der Waals surface area contributed by atoms with Gasteiger partial charge in [0.25, 0.3) is 0 Å². The van der Waals surface area contributed by atoms with Crippen molar-refractivity contribution in [2.45, 2.75) is 47.1 Å². The van der Waals surface area contributed by atoms with Crippen LogP contribution in [0.4, 0.5) is 4.79 Å². The van der Waals surface area contributed by atoms with Crippen LogP contribution in [0.25, 0.3) is 0 Å². The van der Waals surface area contributed by atoms with Gasteiger partial charge < -0.3 is 15.0 Å². The fraction of sp³-hybridized carbons (Fsp3) is 0.722. The molecule has 7 nitrogen and oxygen atoms in total. The van der Waals surface area contributed by atoms with Crippen molar-refractivity contribution in [1.29, 1.82) is 0 Å². The van der Waals surface area contributed by atoms with E-state index in [-0.39, 0.29) is 17.9 Å². The lowest BCUT2D eigenvalue weighted by Gasteiger charge is -2.31. The molecule has 2 heterocycles. The molecule has 0 bridgehead atoms. The van der Waals surface area contributed by atoms with Gasteiger partial charge in [0, 0.05) is 31.9 Å². The van der Waals surface area contributed by atoms with E-state index in [9.17, 15) is 9.59 Å². The number of amides is 2. The molecule has 0 aromatic carbocycles. The first-order chi connectivity index (χ1) is 11.9. The van der Waals surface area contributed by atoms with E-state index < -0.39 is 0 Å². The Balaban J connectivity index is 1.72. The number of likely N-dealkylation sites (tertiary alicyclic amines) is 1. The van der Waals surface area contributed by atoms with Crippen molar-refractivity contribution in [1.82, 2.24) is 20.0 Å². The molecule has 0 aliphatic carbocycles. The number of hydrogen-bond acceptors (Lipinski definition) is 4. The minimum Gasteiger partial charge on any atom is -0.466 e. The number of carbonyl (C=O) groups is 2. The van der Waals surface area contributed by atoms with E-state index in [4.69, 9.17) is 4.74 Å². The highest BCUT2D eigenvalue weighted by Gasteiger charge is 2.28. The molecule has 0 saturated carbocycles. The second-order valence-electron chi connectivity index (χ2n) is 6.91. The van der Waals surface area contributed by atoms with Gasteiger partial charge in [0.05, 0.1) is 18.2 Å². The largest absolute Gasteiger partial charge is 0.466 e. The molecule has 25 heavy (non-hydrogen) atoms. The van der Waals surface area contributed by atoms with Gasteiger partial charge in [-0.1, -0.05) is 6.92 Å². The van der Waals surface area contributed by atoms with E-state index in [0.717, 1.165) is 17.9 Å². The Labute approximate surface area is 149 Å². The summed E-state index contributed by atoms with van der Waals surface area (Å²) in [7, 11) is 0. The van der Waals surface area contributed by atoms with Crippen LogP contribution in [-0.2, 0) is 16.1 Å².